The van der Waals surface area contributed by atoms with E-state index in [0.717, 1.165) is 15.7 Å². The third-order valence-corrected chi connectivity index (χ3v) is 3.55. The van der Waals surface area contributed by atoms with E-state index in [0.29, 0.717) is 5.56 Å². The standard InChI is InChI=1S/C16H16BrFN2O/c1-11-8-13(17)6-7-15(11)19-10-16(21)20-9-12-4-2-3-5-14(12)18/h2-8,19H,9-10H2,1H3,(H,20,21). The number of carbonyl (C=O) groups excluding carboxylic acids is 1. The molecule has 2 aromatic rings. The quantitative estimate of drug-likeness (QED) is 0.864. The van der Waals surface area contributed by atoms with Gasteiger partial charge >= 0.3 is 0 Å². The van der Waals surface area contributed by atoms with E-state index in [1.807, 2.05) is 25.1 Å². The molecule has 2 rings (SSSR count). The van der Waals surface area contributed by atoms with Crippen molar-refractivity contribution in [3.05, 3.63) is 63.9 Å². The van der Waals surface area contributed by atoms with Gasteiger partial charge < -0.3 is 10.6 Å². The molecular weight excluding hydrogens is 335 g/mol. The number of rotatable bonds is 5. The zero-order chi connectivity index (χ0) is 15.2. The van der Waals surface area contributed by atoms with E-state index in [1.165, 1.54) is 6.07 Å². The van der Waals surface area contributed by atoms with Crippen molar-refractivity contribution in [3.8, 4) is 0 Å². The summed E-state index contributed by atoms with van der Waals surface area (Å²) in [5.41, 5.74) is 2.43. The summed E-state index contributed by atoms with van der Waals surface area (Å²) in [5.74, 6) is -0.491. The minimum atomic E-state index is -0.311. The van der Waals surface area contributed by atoms with Gasteiger partial charge in [-0.15, -0.1) is 0 Å². The maximum Gasteiger partial charge on any atom is 0.239 e. The molecule has 0 aliphatic heterocycles. The molecule has 0 fully saturated rings. The van der Waals surface area contributed by atoms with Gasteiger partial charge in [0.05, 0.1) is 6.54 Å². The first-order valence-corrected chi connectivity index (χ1v) is 7.35. The van der Waals surface area contributed by atoms with Crippen LogP contribution < -0.4 is 10.6 Å². The number of nitrogens with one attached hydrogen (secondary N) is 2. The summed E-state index contributed by atoms with van der Waals surface area (Å²) in [5, 5.41) is 5.75. The number of amides is 1. The second kappa shape index (κ2) is 7.22. The van der Waals surface area contributed by atoms with Crippen LogP contribution in [0.2, 0.25) is 0 Å². The molecule has 0 bridgehead atoms. The van der Waals surface area contributed by atoms with Crippen molar-refractivity contribution in [3.63, 3.8) is 0 Å². The number of halogens is 2. The number of anilines is 1. The number of benzene rings is 2. The molecule has 1 amide bonds. The Morgan fingerprint density at radius 1 is 1.24 bits per heavy atom. The molecular formula is C16H16BrFN2O. The normalized spacial score (nSPS) is 10.2. The van der Waals surface area contributed by atoms with Crippen LogP contribution in [-0.4, -0.2) is 12.5 Å². The summed E-state index contributed by atoms with van der Waals surface area (Å²) in [7, 11) is 0. The van der Waals surface area contributed by atoms with Crippen molar-refractivity contribution < 1.29 is 9.18 Å². The largest absolute Gasteiger partial charge is 0.376 e. The summed E-state index contributed by atoms with van der Waals surface area (Å²) in [6.07, 6.45) is 0. The van der Waals surface area contributed by atoms with Gasteiger partial charge in [-0.05, 0) is 36.8 Å². The molecule has 21 heavy (non-hydrogen) atoms. The average molecular weight is 351 g/mol. The number of hydrogen-bond acceptors (Lipinski definition) is 2. The van der Waals surface area contributed by atoms with Crippen LogP contribution in [0.1, 0.15) is 11.1 Å². The van der Waals surface area contributed by atoms with E-state index in [1.54, 1.807) is 18.2 Å². The van der Waals surface area contributed by atoms with E-state index in [2.05, 4.69) is 26.6 Å². The molecule has 0 aliphatic carbocycles. The van der Waals surface area contributed by atoms with Crippen molar-refractivity contribution in [2.24, 2.45) is 0 Å². The fraction of sp³-hybridized carbons (Fsp3) is 0.188. The highest BCUT2D eigenvalue weighted by Crippen LogP contribution is 2.19. The Morgan fingerprint density at radius 3 is 2.71 bits per heavy atom. The second-order valence-corrected chi connectivity index (χ2v) is 5.60. The maximum atomic E-state index is 13.4. The molecule has 3 nitrogen and oxygen atoms in total. The molecule has 110 valence electrons. The van der Waals surface area contributed by atoms with E-state index < -0.39 is 0 Å². The van der Waals surface area contributed by atoms with Crippen LogP contribution in [0.25, 0.3) is 0 Å². The highest BCUT2D eigenvalue weighted by atomic mass is 79.9. The van der Waals surface area contributed by atoms with Crippen LogP contribution in [0, 0.1) is 12.7 Å². The van der Waals surface area contributed by atoms with Crippen LogP contribution in [0.3, 0.4) is 0 Å². The Kier molecular flexibility index (Phi) is 5.33. The van der Waals surface area contributed by atoms with E-state index in [4.69, 9.17) is 0 Å². The van der Waals surface area contributed by atoms with Crippen molar-refractivity contribution in [1.82, 2.24) is 5.32 Å². The second-order valence-electron chi connectivity index (χ2n) is 4.68. The van der Waals surface area contributed by atoms with Gasteiger partial charge in [-0.2, -0.15) is 0 Å². The summed E-state index contributed by atoms with van der Waals surface area (Å²) in [6.45, 7) is 2.30. The van der Waals surface area contributed by atoms with Gasteiger partial charge in [-0.1, -0.05) is 34.1 Å². The number of carbonyl (C=O) groups is 1. The average Bonchev–Trinajstić information content (AvgIpc) is 2.45. The minimum absolute atomic E-state index is 0.150. The first-order chi connectivity index (χ1) is 10.1. The minimum Gasteiger partial charge on any atom is -0.376 e. The van der Waals surface area contributed by atoms with Crippen LogP contribution in [-0.2, 0) is 11.3 Å². The number of hydrogen-bond donors (Lipinski definition) is 2. The fourth-order valence-electron chi connectivity index (χ4n) is 1.90. The molecule has 0 saturated heterocycles. The Labute approximate surface area is 131 Å². The molecule has 5 heteroatoms. The molecule has 0 spiro atoms. The first kappa shape index (κ1) is 15.5. The van der Waals surface area contributed by atoms with Crippen LogP contribution in [0.5, 0.6) is 0 Å². The fourth-order valence-corrected chi connectivity index (χ4v) is 2.37. The van der Waals surface area contributed by atoms with E-state index >= 15 is 0 Å². The lowest BCUT2D eigenvalue weighted by molar-refractivity contribution is -0.119. The van der Waals surface area contributed by atoms with Crippen molar-refractivity contribution in [2.45, 2.75) is 13.5 Å². The highest BCUT2D eigenvalue weighted by Gasteiger charge is 2.05. The predicted octanol–water partition coefficient (Wildman–Crippen LogP) is 3.62. The van der Waals surface area contributed by atoms with Gasteiger partial charge in [0.1, 0.15) is 5.82 Å². The molecule has 0 atom stereocenters. The third kappa shape index (κ3) is 4.56. The molecule has 0 unspecified atom stereocenters. The van der Waals surface area contributed by atoms with E-state index in [9.17, 15) is 9.18 Å². The smallest absolute Gasteiger partial charge is 0.239 e. The van der Waals surface area contributed by atoms with Gasteiger partial charge in [0, 0.05) is 22.3 Å². The number of aryl methyl sites for hydroxylation is 1. The van der Waals surface area contributed by atoms with Crippen molar-refractivity contribution in [2.75, 3.05) is 11.9 Å². The van der Waals surface area contributed by atoms with Gasteiger partial charge in [-0.25, -0.2) is 4.39 Å². The SMILES string of the molecule is Cc1cc(Br)ccc1NCC(=O)NCc1ccccc1F. The Morgan fingerprint density at radius 2 is 2.00 bits per heavy atom. The zero-order valence-corrected chi connectivity index (χ0v) is 13.2. The lowest BCUT2D eigenvalue weighted by Crippen LogP contribution is -2.29. The highest BCUT2D eigenvalue weighted by molar-refractivity contribution is 9.10. The first-order valence-electron chi connectivity index (χ1n) is 6.56. The summed E-state index contributed by atoms with van der Waals surface area (Å²) in [6, 6.07) is 12.2. The van der Waals surface area contributed by atoms with Crippen LogP contribution in [0.15, 0.2) is 46.9 Å². The molecule has 0 saturated carbocycles. The topological polar surface area (TPSA) is 41.1 Å². The Bertz CT molecular complexity index is 646. The predicted molar refractivity (Wildman–Crippen MR) is 85.6 cm³/mol. The lowest BCUT2D eigenvalue weighted by Gasteiger charge is -2.10. The summed E-state index contributed by atoms with van der Waals surface area (Å²) < 4.78 is 14.4. The monoisotopic (exact) mass is 350 g/mol. The molecule has 0 radical (unpaired) electrons. The van der Waals surface area contributed by atoms with Crippen LogP contribution in [0.4, 0.5) is 10.1 Å². The van der Waals surface area contributed by atoms with Gasteiger partial charge in [0.25, 0.3) is 0 Å². The molecule has 2 N–H and O–H groups in total. The molecule has 0 aromatic heterocycles. The van der Waals surface area contributed by atoms with Gasteiger partial charge in [-0.3, -0.25) is 4.79 Å². The molecule has 0 heterocycles. The Hall–Kier alpha value is -1.88. The van der Waals surface area contributed by atoms with Crippen molar-refractivity contribution >= 4 is 27.5 Å². The molecule has 0 aliphatic rings. The summed E-state index contributed by atoms with van der Waals surface area (Å²) >= 11 is 3.39. The Balaban J connectivity index is 1.84. The molecule has 2 aromatic carbocycles. The zero-order valence-electron chi connectivity index (χ0n) is 11.6. The lowest BCUT2D eigenvalue weighted by atomic mass is 10.2. The third-order valence-electron chi connectivity index (χ3n) is 3.06. The van der Waals surface area contributed by atoms with Crippen LogP contribution >= 0.6 is 15.9 Å². The van der Waals surface area contributed by atoms with Gasteiger partial charge in [0.2, 0.25) is 5.91 Å². The van der Waals surface area contributed by atoms with E-state index in [-0.39, 0.29) is 24.8 Å². The van der Waals surface area contributed by atoms with Crippen molar-refractivity contribution in [1.29, 1.82) is 0 Å². The van der Waals surface area contributed by atoms with Gasteiger partial charge in [0.15, 0.2) is 0 Å². The maximum absolute atomic E-state index is 13.4. The summed E-state index contributed by atoms with van der Waals surface area (Å²) in [4.78, 5) is 11.8.